The number of hydrogen-bond donors (Lipinski definition) is 1. The van der Waals surface area contributed by atoms with Gasteiger partial charge in [-0.1, -0.05) is 0 Å². The minimum atomic E-state index is -0.181. The Bertz CT molecular complexity index is 183. The van der Waals surface area contributed by atoms with Crippen LogP contribution in [0.25, 0.3) is 0 Å². The average Bonchev–Trinajstić information content (AvgIpc) is 1.80. The Hall–Kier alpha value is -0.310. The molecule has 0 saturated carbocycles. The summed E-state index contributed by atoms with van der Waals surface area (Å²) in [4.78, 5) is 0. The molecule has 1 rings (SSSR count). The molecule has 0 aromatic carbocycles. The molecule has 1 aliphatic carbocycles. The van der Waals surface area contributed by atoms with Gasteiger partial charge in [0.25, 0.3) is 0 Å². The summed E-state index contributed by atoms with van der Waals surface area (Å²) in [6.45, 7) is 0. The van der Waals surface area contributed by atoms with Crippen LogP contribution in [0.3, 0.4) is 0 Å². The zero-order valence-electron chi connectivity index (χ0n) is 4.69. The standard InChI is InChI=1S/C6H6BrFO/c7-5-3-4(8)1-2-6(5)9/h3,9H,1-2H2. The highest BCUT2D eigenvalue weighted by Gasteiger charge is 2.08. The van der Waals surface area contributed by atoms with Crippen molar-refractivity contribution in [3.05, 3.63) is 22.1 Å². The monoisotopic (exact) mass is 192 g/mol. The minimum Gasteiger partial charge on any atom is -0.511 e. The second kappa shape index (κ2) is 2.52. The first-order valence-electron chi connectivity index (χ1n) is 2.64. The number of allylic oxidation sites excluding steroid dienone is 4. The third-order valence-electron chi connectivity index (χ3n) is 1.16. The lowest BCUT2D eigenvalue weighted by Crippen LogP contribution is -1.91. The van der Waals surface area contributed by atoms with Crippen LogP contribution < -0.4 is 0 Å². The molecule has 0 radical (unpaired) electrons. The van der Waals surface area contributed by atoms with Crippen molar-refractivity contribution in [3.8, 4) is 0 Å². The quantitative estimate of drug-likeness (QED) is 0.627. The van der Waals surface area contributed by atoms with Crippen LogP contribution in [0.5, 0.6) is 0 Å². The van der Waals surface area contributed by atoms with E-state index in [-0.39, 0.29) is 11.6 Å². The van der Waals surface area contributed by atoms with E-state index in [1.165, 1.54) is 6.08 Å². The molecule has 1 aliphatic rings. The lowest BCUT2D eigenvalue weighted by molar-refractivity contribution is 0.376. The van der Waals surface area contributed by atoms with Gasteiger partial charge < -0.3 is 5.11 Å². The molecule has 0 aromatic rings. The number of aliphatic hydroxyl groups is 1. The summed E-state index contributed by atoms with van der Waals surface area (Å²) in [5, 5.41) is 8.92. The van der Waals surface area contributed by atoms with E-state index in [4.69, 9.17) is 5.11 Å². The van der Waals surface area contributed by atoms with Crippen molar-refractivity contribution >= 4 is 15.9 Å². The molecular formula is C6H6BrFO. The zero-order valence-corrected chi connectivity index (χ0v) is 6.28. The van der Waals surface area contributed by atoms with E-state index in [1.807, 2.05) is 0 Å². The third-order valence-corrected chi connectivity index (χ3v) is 1.85. The number of hydrogen-bond acceptors (Lipinski definition) is 1. The van der Waals surface area contributed by atoms with Crippen LogP contribution in [0.1, 0.15) is 12.8 Å². The van der Waals surface area contributed by atoms with Gasteiger partial charge in [-0.3, -0.25) is 0 Å². The molecule has 0 atom stereocenters. The fourth-order valence-corrected chi connectivity index (χ4v) is 1.10. The highest BCUT2D eigenvalue weighted by Crippen LogP contribution is 2.26. The first-order valence-corrected chi connectivity index (χ1v) is 3.43. The molecule has 0 unspecified atom stereocenters. The molecular weight excluding hydrogens is 187 g/mol. The predicted octanol–water partition coefficient (Wildman–Crippen LogP) is 2.80. The summed E-state index contributed by atoms with van der Waals surface area (Å²) in [5.74, 6) is 0.0519. The van der Waals surface area contributed by atoms with Gasteiger partial charge in [-0.25, -0.2) is 4.39 Å². The molecule has 9 heavy (non-hydrogen) atoms. The fourth-order valence-electron chi connectivity index (χ4n) is 0.650. The van der Waals surface area contributed by atoms with Crippen LogP contribution in [-0.4, -0.2) is 5.11 Å². The zero-order chi connectivity index (χ0) is 6.85. The fraction of sp³-hybridized carbons (Fsp3) is 0.333. The van der Waals surface area contributed by atoms with Gasteiger partial charge in [0.2, 0.25) is 0 Å². The first kappa shape index (κ1) is 6.81. The molecule has 3 heteroatoms. The number of rotatable bonds is 0. The van der Waals surface area contributed by atoms with Gasteiger partial charge in [-0.2, -0.15) is 0 Å². The highest BCUT2D eigenvalue weighted by atomic mass is 79.9. The lowest BCUT2D eigenvalue weighted by atomic mass is 10.1. The van der Waals surface area contributed by atoms with E-state index >= 15 is 0 Å². The smallest absolute Gasteiger partial charge is 0.107 e. The van der Waals surface area contributed by atoms with Crippen LogP contribution in [-0.2, 0) is 0 Å². The Labute approximate surface area is 61.0 Å². The Morgan fingerprint density at radius 1 is 1.56 bits per heavy atom. The van der Waals surface area contributed by atoms with Crippen molar-refractivity contribution < 1.29 is 9.50 Å². The first-order chi connectivity index (χ1) is 4.20. The Balaban J connectivity index is 2.83. The molecule has 0 aromatic heterocycles. The Morgan fingerprint density at radius 2 is 2.22 bits per heavy atom. The summed E-state index contributed by atoms with van der Waals surface area (Å²) < 4.78 is 12.8. The summed E-state index contributed by atoms with van der Waals surface area (Å²) in [7, 11) is 0. The third kappa shape index (κ3) is 1.55. The van der Waals surface area contributed by atoms with Crippen LogP contribution in [0.4, 0.5) is 4.39 Å². The lowest BCUT2D eigenvalue weighted by Gasteiger charge is -2.05. The Kier molecular flexibility index (Phi) is 1.90. The van der Waals surface area contributed by atoms with E-state index in [0.717, 1.165) is 0 Å². The van der Waals surface area contributed by atoms with Crippen LogP contribution >= 0.6 is 15.9 Å². The van der Waals surface area contributed by atoms with Gasteiger partial charge in [0.15, 0.2) is 0 Å². The van der Waals surface area contributed by atoms with Crippen LogP contribution in [0.2, 0.25) is 0 Å². The van der Waals surface area contributed by atoms with Crippen molar-refractivity contribution in [1.29, 1.82) is 0 Å². The van der Waals surface area contributed by atoms with Gasteiger partial charge in [-0.05, 0) is 22.0 Å². The minimum absolute atomic E-state index is 0.181. The highest BCUT2D eigenvalue weighted by molar-refractivity contribution is 9.11. The maximum absolute atomic E-state index is 12.3. The topological polar surface area (TPSA) is 20.2 Å². The molecule has 1 N–H and O–H groups in total. The van der Waals surface area contributed by atoms with Gasteiger partial charge in [-0.15, -0.1) is 0 Å². The molecule has 0 aliphatic heterocycles. The van der Waals surface area contributed by atoms with Crippen molar-refractivity contribution in [2.24, 2.45) is 0 Å². The van der Waals surface area contributed by atoms with E-state index in [2.05, 4.69) is 15.9 Å². The molecule has 50 valence electrons. The summed E-state index contributed by atoms with van der Waals surface area (Å²) >= 11 is 3.01. The van der Waals surface area contributed by atoms with Gasteiger partial charge in [0.05, 0.1) is 4.48 Å². The van der Waals surface area contributed by atoms with E-state index in [1.54, 1.807) is 0 Å². The van der Waals surface area contributed by atoms with Gasteiger partial charge in [0.1, 0.15) is 11.6 Å². The molecule has 1 nitrogen and oxygen atoms in total. The molecule has 0 saturated heterocycles. The van der Waals surface area contributed by atoms with Gasteiger partial charge in [0, 0.05) is 12.8 Å². The molecule has 0 bridgehead atoms. The van der Waals surface area contributed by atoms with E-state index in [0.29, 0.717) is 17.3 Å². The van der Waals surface area contributed by atoms with Crippen molar-refractivity contribution in [2.75, 3.05) is 0 Å². The average molecular weight is 193 g/mol. The van der Waals surface area contributed by atoms with Crippen molar-refractivity contribution in [1.82, 2.24) is 0 Å². The van der Waals surface area contributed by atoms with Crippen molar-refractivity contribution in [2.45, 2.75) is 12.8 Å². The van der Waals surface area contributed by atoms with Gasteiger partial charge >= 0.3 is 0 Å². The second-order valence-corrected chi connectivity index (χ2v) is 2.74. The predicted molar refractivity (Wildman–Crippen MR) is 37.0 cm³/mol. The molecule has 0 amide bonds. The summed E-state index contributed by atoms with van der Waals surface area (Å²) in [6, 6.07) is 0. The molecule has 0 fully saturated rings. The number of halogens is 2. The second-order valence-electron chi connectivity index (χ2n) is 1.89. The molecule has 0 spiro atoms. The number of aliphatic hydroxyl groups excluding tert-OH is 1. The summed E-state index contributed by atoms with van der Waals surface area (Å²) in [5.41, 5.74) is 0. The van der Waals surface area contributed by atoms with E-state index in [9.17, 15) is 4.39 Å². The maximum atomic E-state index is 12.3. The largest absolute Gasteiger partial charge is 0.511 e. The normalized spacial score (nSPS) is 20.0. The van der Waals surface area contributed by atoms with E-state index < -0.39 is 0 Å². The maximum Gasteiger partial charge on any atom is 0.107 e. The van der Waals surface area contributed by atoms with Crippen LogP contribution in [0, 0.1) is 0 Å². The Morgan fingerprint density at radius 3 is 2.67 bits per heavy atom. The molecule has 0 heterocycles. The SMILES string of the molecule is OC1=C(Br)C=C(F)CC1. The van der Waals surface area contributed by atoms with Crippen LogP contribution in [0.15, 0.2) is 22.1 Å². The van der Waals surface area contributed by atoms with Crippen molar-refractivity contribution in [3.63, 3.8) is 0 Å². The summed E-state index contributed by atoms with van der Waals surface area (Å²) in [6.07, 6.45) is 2.02.